The third kappa shape index (κ3) is 3.79. The minimum absolute atomic E-state index is 0.0259. The minimum Gasteiger partial charge on any atom is -0.296 e. The van der Waals surface area contributed by atoms with Crippen LogP contribution >= 0.6 is 11.3 Å². The van der Waals surface area contributed by atoms with E-state index in [-0.39, 0.29) is 10.5 Å². The van der Waals surface area contributed by atoms with E-state index in [9.17, 15) is 13.2 Å². The van der Waals surface area contributed by atoms with Gasteiger partial charge in [-0.15, -0.1) is 10.2 Å². The van der Waals surface area contributed by atoms with E-state index < -0.39 is 15.9 Å². The van der Waals surface area contributed by atoms with E-state index in [1.165, 1.54) is 30.5 Å². The highest BCUT2D eigenvalue weighted by Crippen LogP contribution is 2.26. The molecule has 1 aromatic heterocycles. The fraction of sp³-hybridized carbons (Fsp3) is 0.118. The second-order valence-corrected chi connectivity index (χ2v) is 8.28. The van der Waals surface area contributed by atoms with E-state index in [0.717, 1.165) is 5.56 Å². The standard InChI is InChI=1S/C17H16N4O3S2/c1-11-8-9-13(26(23,24)18-2)10-14(11)15(22)19-17-21-20-16(25-17)12-6-4-3-5-7-12/h3-10,18H,1-2H3,(H,19,21,22). The van der Waals surface area contributed by atoms with Gasteiger partial charge in [0.2, 0.25) is 15.2 Å². The highest BCUT2D eigenvalue weighted by molar-refractivity contribution is 7.89. The van der Waals surface area contributed by atoms with Gasteiger partial charge in [0.1, 0.15) is 5.01 Å². The van der Waals surface area contributed by atoms with Crippen LogP contribution in [0.4, 0.5) is 5.13 Å². The van der Waals surface area contributed by atoms with Gasteiger partial charge in [-0.1, -0.05) is 47.7 Å². The number of aromatic nitrogens is 2. The Kier molecular flexibility index (Phi) is 5.12. The molecule has 26 heavy (non-hydrogen) atoms. The van der Waals surface area contributed by atoms with Crippen LogP contribution in [0.5, 0.6) is 0 Å². The maximum Gasteiger partial charge on any atom is 0.257 e. The number of hydrogen-bond donors (Lipinski definition) is 2. The molecule has 0 bridgehead atoms. The summed E-state index contributed by atoms with van der Waals surface area (Å²) in [6.45, 7) is 1.74. The predicted molar refractivity (Wildman–Crippen MR) is 101 cm³/mol. The first kappa shape index (κ1) is 18.2. The second-order valence-electron chi connectivity index (χ2n) is 5.42. The first-order valence-corrected chi connectivity index (χ1v) is 9.95. The predicted octanol–water partition coefficient (Wildman–Crippen LogP) is 2.67. The van der Waals surface area contributed by atoms with Crippen molar-refractivity contribution >= 4 is 32.4 Å². The van der Waals surface area contributed by atoms with Crippen LogP contribution in [-0.2, 0) is 10.0 Å². The fourth-order valence-electron chi connectivity index (χ4n) is 2.27. The molecule has 0 aliphatic carbocycles. The van der Waals surface area contributed by atoms with Crippen LogP contribution in [-0.4, -0.2) is 31.6 Å². The molecule has 2 N–H and O–H groups in total. The van der Waals surface area contributed by atoms with E-state index in [1.807, 2.05) is 30.3 Å². The summed E-state index contributed by atoms with van der Waals surface area (Å²) in [5, 5.41) is 11.8. The van der Waals surface area contributed by atoms with Gasteiger partial charge in [0.15, 0.2) is 0 Å². The smallest absolute Gasteiger partial charge is 0.257 e. The molecule has 2 aromatic carbocycles. The minimum atomic E-state index is -3.63. The zero-order chi connectivity index (χ0) is 18.7. The lowest BCUT2D eigenvalue weighted by atomic mass is 10.1. The monoisotopic (exact) mass is 388 g/mol. The van der Waals surface area contributed by atoms with Crippen molar-refractivity contribution in [1.82, 2.24) is 14.9 Å². The van der Waals surface area contributed by atoms with Gasteiger partial charge in [-0.3, -0.25) is 10.1 Å². The first-order chi connectivity index (χ1) is 12.4. The molecular weight excluding hydrogens is 372 g/mol. The molecule has 0 radical (unpaired) electrons. The number of nitrogens with one attached hydrogen (secondary N) is 2. The third-order valence-corrected chi connectivity index (χ3v) is 6.00. The summed E-state index contributed by atoms with van der Waals surface area (Å²) >= 11 is 1.24. The summed E-state index contributed by atoms with van der Waals surface area (Å²) in [6.07, 6.45) is 0. The average Bonchev–Trinajstić information content (AvgIpc) is 3.11. The molecule has 1 heterocycles. The number of aryl methyl sites for hydroxylation is 1. The molecule has 134 valence electrons. The van der Waals surface area contributed by atoms with Crippen molar-refractivity contribution in [2.24, 2.45) is 0 Å². The van der Waals surface area contributed by atoms with Crippen LogP contribution in [0.3, 0.4) is 0 Å². The zero-order valence-corrected chi connectivity index (χ0v) is 15.7. The maximum atomic E-state index is 12.6. The van der Waals surface area contributed by atoms with Crippen molar-refractivity contribution in [3.63, 3.8) is 0 Å². The van der Waals surface area contributed by atoms with Crippen molar-refractivity contribution in [3.05, 3.63) is 59.7 Å². The number of benzene rings is 2. The molecule has 3 aromatic rings. The number of nitrogens with zero attached hydrogens (tertiary/aromatic N) is 2. The number of hydrogen-bond acceptors (Lipinski definition) is 6. The number of sulfonamides is 1. The van der Waals surface area contributed by atoms with Crippen LogP contribution in [0.25, 0.3) is 10.6 Å². The fourth-order valence-corrected chi connectivity index (χ4v) is 3.77. The van der Waals surface area contributed by atoms with E-state index in [4.69, 9.17) is 0 Å². The molecule has 0 aliphatic rings. The lowest BCUT2D eigenvalue weighted by molar-refractivity contribution is 0.102. The van der Waals surface area contributed by atoms with E-state index in [0.29, 0.717) is 15.7 Å². The van der Waals surface area contributed by atoms with Gasteiger partial charge in [-0.25, -0.2) is 13.1 Å². The topological polar surface area (TPSA) is 101 Å². The molecule has 0 unspecified atom stereocenters. The van der Waals surface area contributed by atoms with Crippen LogP contribution in [0.1, 0.15) is 15.9 Å². The number of anilines is 1. The Bertz CT molecular complexity index is 1050. The Hall–Kier alpha value is -2.62. The van der Waals surface area contributed by atoms with Crippen LogP contribution < -0.4 is 10.0 Å². The largest absolute Gasteiger partial charge is 0.296 e. The Morgan fingerprint density at radius 3 is 2.50 bits per heavy atom. The van der Waals surface area contributed by atoms with Gasteiger partial charge in [-0.05, 0) is 31.7 Å². The van der Waals surface area contributed by atoms with Crippen LogP contribution in [0.2, 0.25) is 0 Å². The Labute approximate surface area is 155 Å². The number of amides is 1. The summed E-state index contributed by atoms with van der Waals surface area (Å²) in [5.41, 5.74) is 1.83. The lowest BCUT2D eigenvalue weighted by Gasteiger charge is -2.08. The van der Waals surface area contributed by atoms with Gasteiger partial charge in [0, 0.05) is 11.1 Å². The molecule has 0 aliphatic heterocycles. The summed E-state index contributed by atoms with van der Waals surface area (Å²) < 4.78 is 26.1. The van der Waals surface area contributed by atoms with E-state index in [2.05, 4.69) is 20.2 Å². The molecular formula is C17H16N4O3S2. The van der Waals surface area contributed by atoms with Gasteiger partial charge in [0.25, 0.3) is 5.91 Å². The van der Waals surface area contributed by atoms with Gasteiger partial charge in [0.05, 0.1) is 4.90 Å². The van der Waals surface area contributed by atoms with Crippen molar-refractivity contribution in [2.75, 3.05) is 12.4 Å². The molecule has 0 fully saturated rings. The highest BCUT2D eigenvalue weighted by Gasteiger charge is 2.18. The molecule has 1 amide bonds. The number of carbonyl (C=O) groups is 1. The SMILES string of the molecule is CNS(=O)(=O)c1ccc(C)c(C(=O)Nc2nnc(-c3ccccc3)s2)c1. The van der Waals surface area contributed by atoms with Gasteiger partial charge >= 0.3 is 0 Å². The Balaban J connectivity index is 1.85. The molecule has 0 saturated heterocycles. The zero-order valence-electron chi connectivity index (χ0n) is 14.1. The average molecular weight is 388 g/mol. The molecule has 0 atom stereocenters. The van der Waals surface area contributed by atoms with Crippen molar-refractivity contribution in [1.29, 1.82) is 0 Å². The normalized spacial score (nSPS) is 11.3. The van der Waals surface area contributed by atoms with Crippen molar-refractivity contribution < 1.29 is 13.2 Å². The summed E-state index contributed by atoms with van der Waals surface area (Å²) in [4.78, 5) is 12.6. The molecule has 0 spiro atoms. The van der Waals surface area contributed by atoms with Crippen molar-refractivity contribution in [3.8, 4) is 10.6 Å². The molecule has 0 saturated carbocycles. The molecule has 3 rings (SSSR count). The summed E-state index contributed by atoms with van der Waals surface area (Å²) in [5.74, 6) is -0.439. The number of rotatable bonds is 5. The summed E-state index contributed by atoms with van der Waals surface area (Å²) in [7, 11) is -2.31. The lowest BCUT2D eigenvalue weighted by Crippen LogP contribution is -2.20. The third-order valence-electron chi connectivity index (χ3n) is 3.70. The second kappa shape index (κ2) is 7.32. The van der Waals surface area contributed by atoms with Crippen LogP contribution in [0, 0.1) is 6.92 Å². The Morgan fingerprint density at radius 2 is 1.81 bits per heavy atom. The van der Waals surface area contributed by atoms with E-state index in [1.54, 1.807) is 13.0 Å². The molecule has 9 heteroatoms. The number of carbonyl (C=O) groups excluding carboxylic acids is 1. The maximum absolute atomic E-state index is 12.6. The molecule has 7 nitrogen and oxygen atoms in total. The van der Waals surface area contributed by atoms with Gasteiger partial charge < -0.3 is 0 Å². The van der Waals surface area contributed by atoms with Crippen LogP contribution in [0.15, 0.2) is 53.4 Å². The summed E-state index contributed by atoms with van der Waals surface area (Å²) in [6, 6.07) is 13.9. The van der Waals surface area contributed by atoms with Crippen molar-refractivity contribution in [2.45, 2.75) is 11.8 Å². The highest BCUT2D eigenvalue weighted by atomic mass is 32.2. The quantitative estimate of drug-likeness (QED) is 0.700. The van der Waals surface area contributed by atoms with E-state index >= 15 is 0 Å². The Morgan fingerprint density at radius 1 is 1.08 bits per heavy atom. The first-order valence-electron chi connectivity index (χ1n) is 7.65. The van der Waals surface area contributed by atoms with Gasteiger partial charge in [-0.2, -0.15) is 0 Å².